The van der Waals surface area contributed by atoms with Crippen molar-refractivity contribution >= 4 is 59.4 Å². The highest BCUT2D eigenvalue weighted by Gasteiger charge is 2.12. The number of carbonyl (C=O) groups excluding carboxylic acids is 4. The molecule has 1 aromatic heterocycles. The molecule has 5 N–H and O–H groups in total. The van der Waals surface area contributed by atoms with Gasteiger partial charge in [0.25, 0.3) is 23.6 Å². The fraction of sp³-hybridized carbons (Fsp3) is 0.132. The molecule has 372 valence electrons. The van der Waals surface area contributed by atoms with E-state index < -0.39 is 23.6 Å². The number of nitrogens with one attached hydrogen (secondary N) is 5. The lowest BCUT2D eigenvalue weighted by Crippen LogP contribution is -2.25. The molecular weight excluding hydrogens is 939 g/mol. The molecule has 0 aliphatic rings. The molecule has 6 aromatic carbocycles. The summed E-state index contributed by atoms with van der Waals surface area (Å²) in [5.41, 5.74) is 15.0. The maximum Gasteiger partial charge on any atom is 0.287 e. The minimum Gasteiger partial charge on any atom is -0.497 e. The second-order valence-electron chi connectivity index (χ2n) is 15.4. The Bertz CT molecular complexity index is 3210. The van der Waals surface area contributed by atoms with Crippen LogP contribution >= 0.6 is 0 Å². The largest absolute Gasteiger partial charge is 0.497 e. The maximum atomic E-state index is 12.7. The number of hydrogen-bond donors (Lipinski definition) is 5. The predicted molar refractivity (Wildman–Crippen MR) is 274 cm³/mol. The summed E-state index contributed by atoms with van der Waals surface area (Å²) in [6.45, 7) is -0.996. The zero-order valence-electron chi connectivity index (χ0n) is 39.9. The number of rotatable bonds is 23. The molecule has 0 saturated heterocycles. The van der Waals surface area contributed by atoms with Gasteiger partial charge in [0.1, 0.15) is 45.9 Å². The van der Waals surface area contributed by atoms with Gasteiger partial charge in [-0.3, -0.25) is 19.2 Å². The number of hydrazone groups is 4. The zero-order chi connectivity index (χ0) is 51.4. The number of ether oxygens (including phenoxy) is 7. The van der Waals surface area contributed by atoms with Gasteiger partial charge in [-0.25, -0.2) is 21.7 Å². The zero-order valence-corrected chi connectivity index (χ0v) is 39.9. The molecule has 0 spiro atoms. The summed E-state index contributed by atoms with van der Waals surface area (Å²) in [4.78, 5) is 53.5. The van der Waals surface area contributed by atoms with Gasteiger partial charge >= 0.3 is 0 Å². The average Bonchev–Trinajstić information content (AvgIpc) is 3.85. The summed E-state index contributed by atoms with van der Waals surface area (Å²) >= 11 is 0. The summed E-state index contributed by atoms with van der Waals surface area (Å²) in [6, 6.07) is 38.5. The Kier molecular flexibility index (Phi) is 17.8. The highest BCUT2D eigenvalue weighted by atomic mass is 16.5. The van der Waals surface area contributed by atoms with Gasteiger partial charge in [0.2, 0.25) is 0 Å². The van der Waals surface area contributed by atoms with E-state index in [4.69, 9.17) is 33.2 Å². The van der Waals surface area contributed by atoms with Crippen LogP contribution in [0.1, 0.15) is 32.7 Å². The monoisotopic (exact) mass is 987 g/mol. The molecule has 0 aliphatic heterocycles. The van der Waals surface area contributed by atoms with Crippen molar-refractivity contribution in [3.63, 3.8) is 0 Å². The first-order chi connectivity index (χ1) is 35.6. The number of aromatic nitrogens is 1. The first-order valence-electron chi connectivity index (χ1n) is 22.1. The molecule has 1 heterocycles. The molecule has 0 aliphatic carbocycles. The van der Waals surface area contributed by atoms with Crippen molar-refractivity contribution in [3.8, 4) is 51.4 Å². The molecule has 0 bridgehead atoms. The van der Waals surface area contributed by atoms with Crippen LogP contribution < -0.4 is 54.9 Å². The predicted octanol–water partition coefficient (Wildman–Crippen LogP) is 6.22. The van der Waals surface area contributed by atoms with E-state index in [1.165, 1.54) is 39.1 Å². The van der Waals surface area contributed by atoms with Gasteiger partial charge in [-0.05, 0) is 130 Å². The third-order valence-electron chi connectivity index (χ3n) is 10.2. The highest BCUT2D eigenvalue weighted by molar-refractivity contribution is 5.99. The number of nitrogens with zero attached hydrogens (tertiary/aromatic N) is 4. The Balaban J connectivity index is 0.873. The Morgan fingerprint density at radius 1 is 0.425 bits per heavy atom. The molecule has 4 amide bonds. The van der Waals surface area contributed by atoms with Crippen LogP contribution in [0.3, 0.4) is 0 Å². The molecular formula is C53H49N9O11. The van der Waals surface area contributed by atoms with Crippen LogP contribution in [0.4, 0.5) is 0 Å². The maximum absolute atomic E-state index is 12.7. The lowest BCUT2D eigenvalue weighted by molar-refractivity contribution is -0.123. The summed E-state index contributed by atoms with van der Waals surface area (Å²) < 4.78 is 38.4. The first-order valence-corrected chi connectivity index (χ1v) is 22.1. The van der Waals surface area contributed by atoms with Crippen LogP contribution in [0.15, 0.2) is 154 Å². The number of carbonyl (C=O) groups is 4. The summed E-state index contributed by atoms with van der Waals surface area (Å²) in [7, 11) is 6.19. The van der Waals surface area contributed by atoms with Crippen molar-refractivity contribution < 1.29 is 52.3 Å². The molecule has 7 rings (SSSR count). The first kappa shape index (κ1) is 50.9. The van der Waals surface area contributed by atoms with Crippen LogP contribution in [0.25, 0.3) is 22.0 Å². The van der Waals surface area contributed by atoms with E-state index >= 15 is 0 Å². The topological polar surface area (TPSA) is 246 Å². The second-order valence-corrected chi connectivity index (χ2v) is 15.4. The molecule has 0 unspecified atom stereocenters. The number of methoxy groups -OCH3 is 4. The number of fused-ring (bicyclic) bond motifs is 1. The van der Waals surface area contributed by atoms with Gasteiger partial charge in [0.05, 0.1) is 53.3 Å². The van der Waals surface area contributed by atoms with Crippen molar-refractivity contribution in [2.24, 2.45) is 20.4 Å². The van der Waals surface area contributed by atoms with E-state index in [0.717, 1.165) is 22.3 Å². The van der Waals surface area contributed by atoms with Gasteiger partial charge < -0.3 is 38.1 Å². The smallest absolute Gasteiger partial charge is 0.287 e. The number of benzene rings is 6. The Morgan fingerprint density at radius 3 is 1.32 bits per heavy atom. The lowest BCUT2D eigenvalue weighted by atomic mass is 10.0. The van der Waals surface area contributed by atoms with Crippen molar-refractivity contribution in [3.05, 3.63) is 161 Å². The third-order valence-corrected chi connectivity index (χ3v) is 10.2. The van der Waals surface area contributed by atoms with Crippen LogP contribution in [-0.4, -0.2) is 102 Å². The van der Waals surface area contributed by atoms with Gasteiger partial charge in [-0.1, -0.05) is 30.3 Å². The molecule has 0 radical (unpaired) electrons. The normalized spacial score (nSPS) is 11.2. The lowest BCUT2D eigenvalue weighted by Gasteiger charge is -2.10. The van der Waals surface area contributed by atoms with E-state index in [9.17, 15) is 19.2 Å². The Hall–Kier alpha value is -9.98. The van der Waals surface area contributed by atoms with Crippen LogP contribution in [0.5, 0.6) is 40.2 Å². The molecule has 0 fully saturated rings. The Morgan fingerprint density at radius 2 is 0.836 bits per heavy atom. The average molecular weight is 988 g/mol. The molecule has 0 saturated carbocycles. The van der Waals surface area contributed by atoms with E-state index in [1.807, 2.05) is 48.5 Å². The Labute approximate surface area is 418 Å². The number of hydrogen-bond acceptors (Lipinski definition) is 15. The van der Waals surface area contributed by atoms with Gasteiger partial charge in [0.15, 0.2) is 19.8 Å². The van der Waals surface area contributed by atoms with Crippen LogP contribution in [0, 0.1) is 0 Å². The van der Waals surface area contributed by atoms with E-state index in [2.05, 4.69) is 47.1 Å². The summed E-state index contributed by atoms with van der Waals surface area (Å²) in [6.07, 6.45) is 5.92. The van der Waals surface area contributed by atoms with E-state index in [1.54, 1.807) is 99.1 Å². The van der Waals surface area contributed by atoms with Crippen molar-refractivity contribution in [1.29, 1.82) is 0 Å². The fourth-order valence-electron chi connectivity index (χ4n) is 6.69. The molecule has 0 atom stereocenters. The van der Waals surface area contributed by atoms with Crippen molar-refractivity contribution in [2.75, 3.05) is 48.3 Å². The highest BCUT2D eigenvalue weighted by Crippen LogP contribution is 2.30. The summed E-state index contributed by atoms with van der Waals surface area (Å²) in [5.74, 6) is 1.51. The molecule has 73 heavy (non-hydrogen) atoms. The molecule has 20 heteroatoms. The van der Waals surface area contributed by atoms with E-state index in [0.29, 0.717) is 62.3 Å². The second kappa shape index (κ2) is 25.6. The van der Waals surface area contributed by atoms with Crippen LogP contribution in [0.2, 0.25) is 0 Å². The minimum atomic E-state index is -0.530. The van der Waals surface area contributed by atoms with Gasteiger partial charge in [-0.15, -0.1) is 0 Å². The minimum absolute atomic E-state index is 0.288. The fourth-order valence-corrected chi connectivity index (χ4v) is 6.69. The number of H-pyrrole nitrogens is 1. The quantitative estimate of drug-likeness (QED) is 0.0356. The third kappa shape index (κ3) is 15.5. The molecule has 7 aromatic rings. The number of amides is 4. The van der Waals surface area contributed by atoms with Crippen LogP contribution in [-0.2, 0) is 14.4 Å². The summed E-state index contributed by atoms with van der Waals surface area (Å²) in [5, 5.41) is 16.9. The standard InChI is InChI=1S/C53H49N9O11/c1-67-41-10-5-8-34(18-41)27-54-59-50(63)31-71-43-12-7-13-44(26-43)72-32-51(64)60-55-29-36-16-38(22-46(20-36)69-3)39-17-37(21-47(23-39)70-4)30-56-61-52(65)33-73-45-14-15-48-40(24-45)25-49(58-48)53(66)62-57-28-35-9-6-11-42(19-35)68-2/h5-30,58H,31-33H2,1-4H3,(H,59,63)(H,60,64)(H,61,65)(H,62,66)/b54-27+,55-29+,56-30+,57-28+. The molecule has 20 nitrogen and oxygen atoms in total. The number of aromatic amines is 1. The van der Waals surface area contributed by atoms with Gasteiger partial charge in [0, 0.05) is 17.0 Å². The van der Waals surface area contributed by atoms with Crippen molar-refractivity contribution in [1.82, 2.24) is 26.7 Å². The van der Waals surface area contributed by atoms with E-state index in [-0.39, 0.29) is 25.5 Å². The van der Waals surface area contributed by atoms with Crippen molar-refractivity contribution in [2.45, 2.75) is 0 Å². The SMILES string of the molecule is COc1cccc(/C=N/NC(=O)COc2cccc(OCC(=O)N/N=C/c3cc(OC)cc(-c4cc(/C=N/NC(=O)COc5ccc6[nH]c(C(=O)N/N=C/c7cccc(OC)c7)cc6c5)cc(OC)c4)c3)c2)c1. The van der Waals surface area contributed by atoms with Gasteiger partial charge in [-0.2, -0.15) is 20.4 Å².